The molecule has 1 N–H and O–H groups in total. The lowest BCUT2D eigenvalue weighted by atomic mass is 10.0. The van der Waals surface area contributed by atoms with Gasteiger partial charge in [0.05, 0.1) is 6.10 Å². The van der Waals surface area contributed by atoms with Gasteiger partial charge in [-0.25, -0.2) is 8.78 Å². The van der Waals surface area contributed by atoms with Gasteiger partial charge in [0.25, 0.3) is 0 Å². The molecular formula is C12H14F2OS. The Morgan fingerprint density at radius 3 is 2.44 bits per heavy atom. The van der Waals surface area contributed by atoms with Gasteiger partial charge in [-0.2, -0.15) is 11.8 Å². The molecule has 0 radical (unpaired) electrons. The molecular weight excluding hydrogens is 230 g/mol. The van der Waals surface area contributed by atoms with Crippen LogP contribution in [0, 0.1) is 11.6 Å². The maximum Gasteiger partial charge on any atom is 0.126 e. The van der Waals surface area contributed by atoms with Crippen molar-refractivity contribution in [3.8, 4) is 0 Å². The third kappa shape index (κ3) is 2.74. The van der Waals surface area contributed by atoms with Crippen LogP contribution in [0.25, 0.3) is 0 Å². The number of aliphatic hydroxyl groups excluding tert-OH is 1. The minimum Gasteiger partial charge on any atom is -0.387 e. The van der Waals surface area contributed by atoms with Crippen molar-refractivity contribution in [2.75, 3.05) is 5.75 Å². The Kier molecular flexibility index (Phi) is 3.82. The summed E-state index contributed by atoms with van der Waals surface area (Å²) in [5, 5.41) is 10.1. The van der Waals surface area contributed by atoms with Gasteiger partial charge in [-0.3, -0.25) is 0 Å². The summed E-state index contributed by atoms with van der Waals surface area (Å²) >= 11 is 1.68. The summed E-state index contributed by atoms with van der Waals surface area (Å²) in [6, 6.07) is 3.25. The van der Waals surface area contributed by atoms with Crippen LogP contribution in [-0.2, 0) is 0 Å². The highest BCUT2D eigenvalue weighted by Crippen LogP contribution is 2.34. The second-order valence-electron chi connectivity index (χ2n) is 4.05. The molecule has 0 amide bonds. The zero-order chi connectivity index (χ0) is 11.5. The average Bonchev–Trinajstić information content (AvgIpc) is 2.28. The van der Waals surface area contributed by atoms with Crippen molar-refractivity contribution in [1.29, 1.82) is 0 Å². The SMILES string of the molecule is OC(c1cc(F)cc(F)c1)C1CCCCS1. The van der Waals surface area contributed by atoms with E-state index in [0.29, 0.717) is 5.56 Å². The lowest BCUT2D eigenvalue weighted by Gasteiger charge is -2.26. The molecule has 1 saturated heterocycles. The number of rotatable bonds is 2. The van der Waals surface area contributed by atoms with Gasteiger partial charge in [0.1, 0.15) is 11.6 Å². The molecule has 0 bridgehead atoms. The molecule has 88 valence electrons. The quantitative estimate of drug-likeness (QED) is 0.861. The van der Waals surface area contributed by atoms with Crippen molar-refractivity contribution in [3.05, 3.63) is 35.4 Å². The first kappa shape index (κ1) is 11.9. The van der Waals surface area contributed by atoms with Crippen LogP contribution in [0.5, 0.6) is 0 Å². The topological polar surface area (TPSA) is 20.2 Å². The summed E-state index contributed by atoms with van der Waals surface area (Å²) in [7, 11) is 0. The fourth-order valence-corrected chi connectivity index (χ4v) is 3.32. The van der Waals surface area contributed by atoms with E-state index < -0.39 is 17.7 Å². The Labute approximate surface area is 97.9 Å². The van der Waals surface area contributed by atoms with Gasteiger partial charge in [0, 0.05) is 11.3 Å². The fourth-order valence-electron chi connectivity index (χ4n) is 1.98. The Balaban J connectivity index is 2.15. The predicted octanol–water partition coefficient (Wildman–Crippen LogP) is 3.28. The molecule has 2 atom stereocenters. The molecule has 1 heterocycles. The van der Waals surface area contributed by atoms with Crippen LogP contribution in [0.15, 0.2) is 18.2 Å². The van der Waals surface area contributed by atoms with Crippen LogP contribution in [0.1, 0.15) is 30.9 Å². The van der Waals surface area contributed by atoms with Crippen LogP contribution in [-0.4, -0.2) is 16.1 Å². The number of aliphatic hydroxyl groups is 1. The summed E-state index contributed by atoms with van der Waals surface area (Å²) in [5.41, 5.74) is 0.344. The van der Waals surface area contributed by atoms with Crippen LogP contribution in [0.2, 0.25) is 0 Å². The molecule has 1 nitrogen and oxygen atoms in total. The highest BCUT2D eigenvalue weighted by Gasteiger charge is 2.24. The first-order chi connectivity index (χ1) is 7.66. The average molecular weight is 244 g/mol. The van der Waals surface area contributed by atoms with Gasteiger partial charge < -0.3 is 5.11 Å². The number of benzene rings is 1. The van der Waals surface area contributed by atoms with Crippen molar-refractivity contribution in [2.24, 2.45) is 0 Å². The molecule has 0 aliphatic carbocycles. The second kappa shape index (κ2) is 5.15. The van der Waals surface area contributed by atoms with Crippen molar-refractivity contribution < 1.29 is 13.9 Å². The van der Waals surface area contributed by atoms with Gasteiger partial charge in [-0.05, 0) is 36.3 Å². The van der Waals surface area contributed by atoms with Crippen LogP contribution >= 0.6 is 11.8 Å². The number of hydrogen-bond acceptors (Lipinski definition) is 2. The van der Waals surface area contributed by atoms with E-state index in [1.54, 1.807) is 11.8 Å². The first-order valence-electron chi connectivity index (χ1n) is 5.42. The minimum absolute atomic E-state index is 0.0648. The van der Waals surface area contributed by atoms with E-state index >= 15 is 0 Å². The van der Waals surface area contributed by atoms with Crippen molar-refractivity contribution in [2.45, 2.75) is 30.6 Å². The summed E-state index contributed by atoms with van der Waals surface area (Å²) < 4.78 is 26.0. The first-order valence-corrected chi connectivity index (χ1v) is 6.47. The van der Waals surface area contributed by atoms with E-state index in [1.165, 1.54) is 12.1 Å². The molecule has 1 aromatic carbocycles. The summed E-state index contributed by atoms with van der Waals surface area (Å²) in [5.74, 6) is -0.246. The fraction of sp³-hybridized carbons (Fsp3) is 0.500. The molecule has 2 rings (SSSR count). The second-order valence-corrected chi connectivity index (χ2v) is 5.40. The van der Waals surface area contributed by atoms with E-state index in [-0.39, 0.29) is 5.25 Å². The largest absolute Gasteiger partial charge is 0.387 e. The molecule has 1 aliphatic heterocycles. The summed E-state index contributed by atoms with van der Waals surface area (Å²) in [6.07, 6.45) is 2.37. The van der Waals surface area contributed by atoms with Crippen LogP contribution in [0.4, 0.5) is 8.78 Å². The third-order valence-electron chi connectivity index (χ3n) is 2.79. The molecule has 0 aromatic heterocycles. The van der Waals surface area contributed by atoms with Gasteiger partial charge in [-0.1, -0.05) is 6.42 Å². The standard InChI is InChI=1S/C12H14F2OS/c13-9-5-8(6-10(14)7-9)12(15)11-3-1-2-4-16-11/h5-7,11-12,15H,1-4H2. The Hall–Kier alpha value is -0.610. The molecule has 16 heavy (non-hydrogen) atoms. The molecule has 1 aliphatic rings. The predicted molar refractivity (Wildman–Crippen MR) is 61.4 cm³/mol. The number of halogens is 2. The smallest absolute Gasteiger partial charge is 0.126 e. The van der Waals surface area contributed by atoms with E-state index in [0.717, 1.165) is 31.1 Å². The molecule has 0 spiro atoms. The monoisotopic (exact) mass is 244 g/mol. The molecule has 1 aromatic rings. The van der Waals surface area contributed by atoms with E-state index in [2.05, 4.69) is 0 Å². The van der Waals surface area contributed by atoms with Gasteiger partial charge >= 0.3 is 0 Å². The lowest BCUT2D eigenvalue weighted by molar-refractivity contribution is 0.168. The molecule has 2 unspecified atom stereocenters. The van der Waals surface area contributed by atoms with E-state index in [4.69, 9.17) is 0 Å². The van der Waals surface area contributed by atoms with E-state index in [9.17, 15) is 13.9 Å². The Morgan fingerprint density at radius 2 is 1.88 bits per heavy atom. The van der Waals surface area contributed by atoms with Gasteiger partial charge in [0.15, 0.2) is 0 Å². The summed E-state index contributed by atoms with van der Waals surface area (Å²) in [4.78, 5) is 0. The highest BCUT2D eigenvalue weighted by molar-refractivity contribution is 7.99. The van der Waals surface area contributed by atoms with E-state index in [1.807, 2.05) is 0 Å². The Morgan fingerprint density at radius 1 is 1.19 bits per heavy atom. The maximum atomic E-state index is 13.0. The van der Waals surface area contributed by atoms with Gasteiger partial charge in [0.2, 0.25) is 0 Å². The van der Waals surface area contributed by atoms with Crippen LogP contribution in [0.3, 0.4) is 0 Å². The van der Waals surface area contributed by atoms with Crippen LogP contribution < -0.4 is 0 Å². The number of hydrogen-bond donors (Lipinski definition) is 1. The number of thioether (sulfide) groups is 1. The zero-order valence-corrected chi connectivity index (χ0v) is 9.64. The molecule has 0 saturated carbocycles. The van der Waals surface area contributed by atoms with Crippen molar-refractivity contribution in [3.63, 3.8) is 0 Å². The summed E-state index contributed by atoms with van der Waals surface area (Å²) in [6.45, 7) is 0. The maximum absolute atomic E-state index is 13.0. The van der Waals surface area contributed by atoms with Gasteiger partial charge in [-0.15, -0.1) is 0 Å². The molecule has 1 fully saturated rings. The van der Waals surface area contributed by atoms with Crippen molar-refractivity contribution >= 4 is 11.8 Å². The normalized spacial score (nSPS) is 23.1. The zero-order valence-electron chi connectivity index (χ0n) is 8.83. The Bertz CT molecular complexity index is 344. The minimum atomic E-state index is -0.768. The lowest BCUT2D eigenvalue weighted by Crippen LogP contribution is -2.19. The van der Waals surface area contributed by atoms with Crippen molar-refractivity contribution in [1.82, 2.24) is 0 Å². The molecule has 4 heteroatoms. The highest BCUT2D eigenvalue weighted by atomic mass is 32.2. The third-order valence-corrected chi connectivity index (χ3v) is 4.24.